The van der Waals surface area contributed by atoms with Crippen LogP contribution in [0.5, 0.6) is 5.75 Å². The van der Waals surface area contributed by atoms with Gasteiger partial charge in [0.1, 0.15) is 5.75 Å². The zero-order valence-corrected chi connectivity index (χ0v) is 18.3. The molecule has 31 heavy (non-hydrogen) atoms. The normalized spacial score (nSPS) is 16.0. The lowest BCUT2D eigenvalue weighted by molar-refractivity contribution is -0.136. The lowest BCUT2D eigenvalue weighted by Crippen LogP contribution is -2.40. The maximum Gasteiger partial charge on any atom is 0.338 e. The van der Waals surface area contributed by atoms with Gasteiger partial charge in [-0.25, -0.2) is 9.79 Å². The monoisotopic (exact) mass is 434 g/mol. The van der Waals surface area contributed by atoms with E-state index < -0.39 is 12.0 Å². The minimum Gasteiger partial charge on any atom is -0.497 e. The number of rotatable bonds is 5. The minimum absolute atomic E-state index is 0.197. The third kappa shape index (κ3) is 3.84. The zero-order chi connectivity index (χ0) is 22.0. The van der Waals surface area contributed by atoms with Crippen LogP contribution < -0.4 is 19.6 Å². The Morgan fingerprint density at radius 3 is 2.61 bits per heavy atom. The number of allylic oxidation sites excluding steroid dienone is 1. The Hall–Kier alpha value is -3.45. The van der Waals surface area contributed by atoms with E-state index in [1.54, 1.807) is 11.7 Å². The fourth-order valence-corrected chi connectivity index (χ4v) is 4.72. The average molecular weight is 435 g/mol. The quantitative estimate of drug-likeness (QED) is 0.579. The Morgan fingerprint density at radius 1 is 1.16 bits per heavy atom. The summed E-state index contributed by atoms with van der Waals surface area (Å²) in [5, 5.41) is 0. The number of methoxy groups -OCH3 is 2. The van der Waals surface area contributed by atoms with Crippen LogP contribution in [0.3, 0.4) is 0 Å². The molecule has 0 amide bonds. The zero-order valence-electron chi connectivity index (χ0n) is 17.5. The number of esters is 1. The van der Waals surface area contributed by atoms with Crippen molar-refractivity contribution in [1.29, 1.82) is 0 Å². The molecular formula is C24H22N2O4S. The van der Waals surface area contributed by atoms with Crippen molar-refractivity contribution in [3.05, 3.63) is 96.7 Å². The number of ether oxygens (including phenoxy) is 2. The molecule has 0 bridgehead atoms. The number of fused-ring (bicyclic) bond motifs is 1. The fourth-order valence-electron chi connectivity index (χ4n) is 3.70. The van der Waals surface area contributed by atoms with Gasteiger partial charge in [0.15, 0.2) is 4.80 Å². The van der Waals surface area contributed by atoms with Crippen LogP contribution in [0.2, 0.25) is 0 Å². The van der Waals surface area contributed by atoms with Gasteiger partial charge in [-0.05, 0) is 35.8 Å². The predicted octanol–water partition coefficient (Wildman–Crippen LogP) is 2.81. The first-order valence-electron chi connectivity index (χ1n) is 9.89. The number of hydrogen-bond donors (Lipinski definition) is 0. The predicted molar refractivity (Wildman–Crippen MR) is 120 cm³/mol. The van der Waals surface area contributed by atoms with Gasteiger partial charge in [-0.3, -0.25) is 9.36 Å². The molecule has 7 heteroatoms. The Balaban J connectivity index is 1.98. The maximum atomic E-state index is 13.5. The molecule has 0 saturated heterocycles. The van der Waals surface area contributed by atoms with Crippen molar-refractivity contribution in [3.63, 3.8) is 0 Å². The summed E-state index contributed by atoms with van der Waals surface area (Å²) in [5.41, 5.74) is 2.52. The summed E-state index contributed by atoms with van der Waals surface area (Å²) >= 11 is 1.31. The Kier molecular flexibility index (Phi) is 5.86. The molecule has 0 spiro atoms. The number of thiazole rings is 1. The first-order chi connectivity index (χ1) is 15.1. The fraction of sp³-hybridized carbons (Fsp3) is 0.208. The molecule has 1 atom stereocenters. The van der Waals surface area contributed by atoms with Gasteiger partial charge in [0.25, 0.3) is 5.56 Å². The maximum absolute atomic E-state index is 13.5. The molecule has 6 nitrogen and oxygen atoms in total. The van der Waals surface area contributed by atoms with Crippen molar-refractivity contribution in [1.82, 2.24) is 4.57 Å². The van der Waals surface area contributed by atoms with E-state index in [0.29, 0.717) is 32.8 Å². The molecule has 1 aliphatic rings. The molecule has 0 aliphatic carbocycles. The van der Waals surface area contributed by atoms with E-state index in [-0.39, 0.29) is 5.56 Å². The molecule has 0 unspecified atom stereocenters. The Labute approximate surface area is 183 Å². The highest BCUT2D eigenvalue weighted by Gasteiger charge is 2.33. The van der Waals surface area contributed by atoms with Gasteiger partial charge in [-0.15, -0.1) is 0 Å². The van der Waals surface area contributed by atoms with Crippen molar-refractivity contribution >= 4 is 23.4 Å². The van der Waals surface area contributed by atoms with Crippen molar-refractivity contribution in [2.45, 2.75) is 19.4 Å². The smallest absolute Gasteiger partial charge is 0.338 e. The molecule has 2 aromatic carbocycles. The number of nitrogens with zero attached hydrogens (tertiary/aromatic N) is 2. The number of carbonyl (C=O) groups excluding carboxylic acids is 1. The summed E-state index contributed by atoms with van der Waals surface area (Å²) in [5.74, 6) is 0.237. The second-order valence-electron chi connectivity index (χ2n) is 6.98. The van der Waals surface area contributed by atoms with Crippen molar-refractivity contribution in [2.75, 3.05) is 14.2 Å². The SMILES string of the molecule is CCC1=C(C(=O)OC)[C@@H](c2ccccc2)n2c(s/c(=C\c3cccc(OC)c3)c2=O)=N1. The lowest BCUT2D eigenvalue weighted by atomic mass is 9.95. The van der Waals surface area contributed by atoms with Gasteiger partial charge in [0, 0.05) is 0 Å². The molecule has 158 valence electrons. The van der Waals surface area contributed by atoms with Crippen LogP contribution in [0, 0.1) is 0 Å². The number of carbonyl (C=O) groups is 1. The van der Waals surface area contributed by atoms with Crippen LogP contribution in [0.1, 0.15) is 30.5 Å². The Bertz CT molecular complexity index is 1340. The van der Waals surface area contributed by atoms with Crippen molar-refractivity contribution in [2.24, 2.45) is 4.99 Å². The molecule has 3 aromatic rings. The second kappa shape index (κ2) is 8.73. The van der Waals surface area contributed by atoms with E-state index in [0.717, 1.165) is 11.1 Å². The molecular weight excluding hydrogens is 412 g/mol. The summed E-state index contributed by atoms with van der Waals surface area (Å²) in [7, 11) is 2.95. The second-order valence-corrected chi connectivity index (χ2v) is 7.98. The van der Waals surface area contributed by atoms with Crippen LogP contribution in [0.15, 0.2) is 75.7 Å². The summed E-state index contributed by atoms with van der Waals surface area (Å²) < 4.78 is 12.5. The van der Waals surface area contributed by atoms with E-state index >= 15 is 0 Å². The largest absolute Gasteiger partial charge is 0.497 e. The van der Waals surface area contributed by atoms with E-state index in [1.165, 1.54) is 18.4 Å². The van der Waals surface area contributed by atoms with Crippen LogP contribution in [0.25, 0.3) is 6.08 Å². The van der Waals surface area contributed by atoms with Gasteiger partial charge in [-0.2, -0.15) is 0 Å². The molecule has 2 heterocycles. The Morgan fingerprint density at radius 2 is 1.94 bits per heavy atom. The third-order valence-electron chi connectivity index (χ3n) is 5.16. The van der Waals surface area contributed by atoms with Crippen molar-refractivity contribution < 1.29 is 14.3 Å². The van der Waals surface area contributed by atoms with Crippen LogP contribution in [0.4, 0.5) is 0 Å². The summed E-state index contributed by atoms with van der Waals surface area (Å²) in [4.78, 5) is 31.4. The van der Waals surface area contributed by atoms with E-state index in [2.05, 4.69) is 4.99 Å². The summed E-state index contributed by atoms with van der Waals surface area (Å²) in [6, 6.07) is 16.4. The van der Waals surface area contributed by atoms with Crippen LogP contribution in [-0.4, -0.2) is 24.8 Å². The summed E-state index contributed by atoms with van der Waals surface area (Å²) in [6.45, 7) is 1.94. The van der Waals surface area contributed by atoms with Gasteiger partial charge in [0.05, 0.1) is 36.1 Å². The highest BCUT2D eigenvalue weighted by atomic mass is 32.1. The molecule has 0 N–H and O–H groups in total. The molecule has 4 rings (SSSR count). The number of aromatic nitrogens is 1. The third-order valence-corrected chi connectivity index (χ3v) is 6.14. The van der Waals surface area contributed by atoms with E-state index in [1.807, 2.05) is 67.6 Å². The van der Waals surface area contributed by atoms with Crippen molar-refractivity contribution in [3.8, 4) is 5.75 Å². The van der Waals surface area contributed by atoms with Crippen LogP contribution >= 0.6 is 11.3 Å². The van der Waals surface area contributed by atoms with Gasteiger partial charge >= 0.3 is 5.97 Å². The van der Waals surface area contributed by atoms with Gasteiger partial charge < -0.3 is 9.47 Å². The first kappa shape index (κ1) is 20.8. The highest BCUT2D eigenvalue weighted by Crippen LogP contribution is 2.31. The molecule has 0 saturated carbocycles. The van der Waals surface area contributed by atoms with Gasteiger partial charge in [0.2, 0.25) is 0 Å². The van der Waals surface area contributed by atoms with E-state index in [4.69, 9.17) is 9.47 Å². The van der Waals surface area contributed by atoms with Crippen LogP contribution in [-0.2, 0) is 9.53 Å². The standard InChI is InChI=1S/C24H22N2O4S/c1-4-18-20(23(28)30-3)21(16-10-6-5-7-11-16)26-22(27)19(31-24(26)25-18)14-15-9-8-12-17(13-15)29-2/h5-14,21H,4H2,1-3H3/b19-14-/t21-/m1/s1. The number of benzene rings is 2. The number of hydrogen-bond acceptors (Lipinski definition) is 6. The molecule has 1 aromatic heterocycles. The lowest BCUT2D eigenvalue weighted by Gasteiger charge is -2.25. The molecule has 0 radical (unpaired) electrons. The molecule has 1 aliphatic heterocycles. The highest BCUT2D eigenvalue weighted by molar-refractivity contribution is 7.07. The summed E-state index contributed by atoms with van der Waals surface area (Å²) in [6.07, 6.45) is 2.37. The first-order valence-corrected chi connectivity index (χ1v) is 10.7. The van der Waals surface area contributed by atoms with Gasteiger partial charge in [-0.1, -0.05) is 60.7 Å². The topological polar surface area (TPSA) is 69.9 Å². The molecule has 0 fully saturated rings. The minimum atomic E-state index is -0.590. The van der Waals surface area contributed by atoms with E-state index in [9.17, 15) is 9.59 Å². The average Bonchev–Trinajstić information content (AvgIpc) is 3.12.